The minimum Gasteiger partial charge on any atom is -0.341 e. The average Bonchev–Trinajstić information content (AvgIpc) is 2.48. The molecule has 8 heteroatoms. The van der Waals surface area contributed by atoms with E-state index in [9.17, 15) is 14.4 Å². The lowest BCUT2D eigenvalue weighted by Crippen LogP contribution is -2.49. The molecular formula is C14H19ClN4O3. The van der Waals surface area contributed by atoms with Gasteiger partial charge in [-0.05, 0) is 38.2 Å². The predicted molar refractivity (Wildman–Crippen MR) is 84.8 cm³/mol. The van der Waals surface area contributed by atoms with Crippen LogP contribution in [0.4, 0.5) is 10.5 Å². The first-order chi connectivity index (χ1) is 10.3. The summed E-state index contributed by atoms with van der Waals surface area (Å²) in [7, 11) is 3.03. The highest BCUT2D eigenvalue weighted by Crippen LogP contribution is 2.13. The summed E-state index contributed by atoms with van der Waals surface area (Å²) in [5, 5.41) is 7.72. The summed E-state index contributed by atoms with van der Waals surface area (Å²) < 4.78 is 0. The third-order valence-corrected chi connectivity index (χ3v) is 3.28. The van der Waals surface area contributed by atoms with E-state index in [1.807, 2.05) is 0 Å². The second-order valence-corrected chi connectivity index (χ2v) is 5.15. The Morgan fingerprint density at radius 1 is 1.23 bits per heavy atom. The number of nitrogens with one attached hydrogen (secondary N) is 3. The van der Waals surface area contributed by atoms with Crippen molar-refractivity contribution in [1.29, 1.82) is 0 Å². The van der Waals surface area contributed by atoms with Crippen molar-refractivity contribution < 1.29 is 14.4 Å². The first-order valence-electron chi connectivity index (χ1n) is 6.61. The van der Waals surface area contributed by atoms with Gasteiger partial charge in [0.05, 0.1) is 12.6 Å². The molecule has 0 radical (unpaired) electrons. The van der Waals surface area contributed by atoms with Gasteiger partial charge in [0.15, 0.2) is 0 Å². The van der Waals surface area contributed by atoms with Crippen molar-refractivity contribution in [2.45, 2.75) is 13.0 Å². The van der Waals surface area contributed by atoms with Gasteiger partial charge in [0.25, 0.3) is 0 Å². The molecule has 0 aliphatic heterocycles. The highest BCUT2D eigenvalue weighted by molar-refractivity contribution is 6.30. The molecule has 7 nitrogen and oxygen atoms in total. The van der Waals surface area contributed by atoms with E-state index in [0.29, 0.717) is 10.7 Å². The molecule has 1 aromatic carbocycles. The van der Waals surface area contributed by atoms with E-state index in [-0.39, 0.29) is 12.5 Å². The molecule has 4 amide bonds. The van der Waals surface area contributed by atoms with E-state index in [4.69, 9.17) is 11.6 Å². The molecule has 0 saturated heterocycles. The summed E-state index contributed by atoms with van der Waals surface area (Å²) in [5.74, 6) is -0.759. The Morgan fingerprint density at radius 2 is 1.82 bits per heavy atom. The van der Waals surface area contributed by atoms with Gasteiger partial charge in [0, 0.05) is 17.8 Å². The Kier molecular flexibility index (Phi) is 6.81. The number of nitrogens with zero attached hydrogens (tertiary/aromatic N) is 1. The smallest absolute Gasteiger partial charge is 0.321 e. The van der Waals surface area contributed by atoms with E-state index in [1.54, 1.807) is 38.2 Å². The van der Waals surface area contributed by atoms with Crippen molar-refractivity contribution in [2.75, 3.05) is 26.0 Å². The lowest BCUT2D eigenvalue weighted by Gasteiger charge is -2.22. The van der Waals surface area contributed by atoms with Crippen molar-refractivity contribution in [2.24, 2.45) is 0 Å². The molecule has 0 aliphatic rings. The largest absolute Gasteiger partial charge is 0.341 e. The zero-order valence-electron chi connectivity index (χ0n) is 12.6. The monoisotopic (exact) mass is 326 g/mol. The fourth-order valence-electron chi connectivity index (χ4n) is 1.58. The molecule has 0 spiro atoms. The zero-order valence-corrected chi connectivity index (χ0v) is 13.4. The van der Waals surface area contributed by atoms with Crippen molar-refractivity contribution in [3.63, 3.8) is 0 Å². The molecule has 3 N–H and O–H groups in total. The molecule has 0 unspecified atom stereocenters. The minimum atomic E-state index is -0.631. The number of hydrogen-bond acceptors (Lipinski definition) is 4. The number of urea groups is 1. The zero-order chi connectivity index (χ0) is 16.7. The van der Waals surface area contributed by atoms with Gasteiger partial charge in [-0.1, -0.05) is 11.6 Å². The van der Waals surface area contributed by atoms with Crippen LogP contribution in [-0.2, 0) is 9.59 Å². The molecule has 1 aromatic rings. The van der Waals surface area contributed by atoms with Crippen LogP contribution >= 0.6 is 11.6 Å². The second-order valence-electron chi connectivity index (χ2n) is 4.71. The van der Waals surface area contributed by atoms with E-state index in [2.05, 4.69) is 16.0 Å². The molecule has 1 rings (SSSR count). The molecular weight excluding hydrogens is 308 g/mol. The number of hydrogen-bond donors (Lipinski definition) is 3. The van der Waals surface area contributed by atoms with Gasteiger partial charge in [0.2, 0.25) is 11.8 Å². The van der Waals surface area contributed by atoms with Gasteiger partial charge < -0.3 is 10.6 Å². The van der Waals surface area contributed by atoms with Crippen LogP contribution in [0, 0.1) is 0 Å². The Labute approximate surface area is 134 Å². The molecule has 0 aliphatic carbocycles. The maximum atomic E-state index is 11.9. The Morgan fingerprint density at radius 3 is 2.36 bits per heavy atom. The molecule has 0 fully saturated rings. The summed E-state index contributed by atoms with van der Waals surface area (Å²) in [4.78, 5) is 36.3. The number of amides is 4. The SMILES string of the molecule is CNC(=O)NC(=O)[C@@H](C)N(C)CC(=O)Nc1ccc(Cl)cc1. The van der Waals surface area contributed by atoms with Gasteiger partial charge in [-0.2, -0.15) is 0 Å². The van der Waals surface area contributed by atoms with Gasteiger partial charge in [-0.15, -0.1) is 0 Å². The average molecular weight is 327 g/mol. The lowest BCUT2D eigenvalue weighted by molar-refractivity contribution is -0.125. The molecule has 0 bridgehead atoms. The van der Waals surface area contributed by atoms with Gasteiger partial charge in [0.1, 0.15) is 0 Å². The van der Waals surface area contributed by atoms with E-state index in [1.165, 1.54) is 11.9 Å². The van der Waals surface area contributed by atoms with Crippen molar-refractivity contribution in [3.05, 3.63) is 29.3 Å². The predicted octanol–water partition coefficient (Wildman–Crippen LogP) is 1.05. The number of anilines is 1. The fraction of sp³-hybridized carbons (Fsp3) is 0.357. The topological polar surface area (TPSA) is 90.5 Å². The Hall–Kier alpha value is -2.12. The summed E-state index contributed by atoms with van der Waals surface area (Å²) in [6, 6.07) is 5.48. The first-order valence-corrected chi connectivity index (χ1v) is 6.99. The summed E-state index contributed by atoms with van der Waals surface area (Å²) in [5.41, 5.74) is 0.616. The van der Waals surface area contributed by atoms with Crippen molar-refractivity contribution >= 4 is 35.1 Å². The summed E-state index contributed by atoms with van der Waals surface area (Å²) >= 11 is 5.76. The fourth-order valence-corrected chi connectivity index (χ4v) is 1.70. The molecule has 0 aromatic heterocycles. The first kappa shape index (κ1) is 17.9. The number of carbonyl (C=O) groups excluding carboxylic acids is 3. The molecule has 22 heavy (non-hydrogen) atoms. The summed E-state index contributed by atoms with van der Waals surface area (Å²) in [6.07, 6.45) is 0. The number of likely N-dealkylation sites (N-methyl/N-ethyl adjacent to an activating group) is 1. The van der Waals surface area contributed by atoms with E-state index < -0.39 is 18.0 Å². The van der Waals surface area contributed by atoms with Crippen LogP contribution in [-0.4, -0.2) is 49.4 Å². The van der Waals surface area contributed by atoms with Crippen molar-refractivity contribution in [3.8, 4) is 0 Å². The van der Waals surface area contributed by atoms with Crippen LogP contribution in [0.3, 0.4) is 0 Å². The van der Waals surface area contributed by atoms with Crippen LogP contribution < -0.4 is 16.0 Å². The van der Waals surface area contributed by atoms with E-state index in [0.717, 1.165) is 0 Å². The standard InChI is InChI=1S/C14H19ClN4O3/c1-9(13(21)18-14(22)16-2)19(3)8-12(20)17-11-6-4-10(15)5-7-11/h4-7,9H,8H2,1-3H3,(H,17,20)(H2,16,18,21,22)/t9-/m1/s1. The van der Waals surface area contributed by atoms with Crippen LogP contribution in [0.25, 0.3) is 0 Å². The second kappa shape index (κ2) is 8.35. The minimum absolute atomic E-state index is 0.00492. The summed E-state index contributed by atoms with van der Waals surface area (Å²) in [6.45, 7) is 1.61. The molecule has 0 heterocycles. The van der Waals surface area contributed by atoms with Crippen LogP contribution in [0.15, 0.2) is 24.3 Å². The molecule has 120 valence electrons. The third-order valence-electron chi connectivity index (χ3n) is 3.03. The van der Waals surface area contributed by atoms with Gasteiger partial charge in [-0.3, -0.25) is 19.8 Å². The normalized spacial score (nSPS) is 11.7. The van der Waals surface area contributed by atoms with Crippen LogP contribution in [0.1, 0.15) is 6.92 Å². The lowest BCUT2D eigenvalue weighted by atomic mass is 10.2. The maximum absolute atomic E-state index is 11.9. The van der Waals surface area contributed by atoms with Crippen molar-refractivity contribution in [1.82, 2.24) is 15.5 Å². The quantitative estimate of drug-likeness (QED) is 0.754. The number of rotatable bonds is 5. The van der Waals surface area contributed by atoms with Crippen LogP contribution in [0.5, 0.6) is 0 Å². The highest BCUT2D eigenvalue weighted by Gasteiger charge is 2.21. The molecule has 1 atom stereocenters. The maximum Gasteiger partial charge on any atom is 0.321 e. The number of carbonyl (C=O) groups is 3. The third kappa shape index (κ3) is 5.71. The number of imide groups is 1. The van der Waals surface area contributed by atoms with Gasteiger partial charge in [-0.25, -0.2) is 4.79 Å². The highest BCUT2D eigenvalue weighted by atomic mass is 35.5. The molecule has 0 saturated carbocycles. The van der Waals surface area contributed by atoms with Crippen LogP contribution in [0.2, 0.25) is 5.02 Å². The van der Waals surface area contributed by atoms with Gasteiger partial charge >= 0.3 is 6.03 Å². The number of halogens is 1. The van der Waals surface area contributed by atoms with E-state index >= 15 is 0 Å². The Balaban J connectivity index is 2.50. The Bertz CT molecular complexity index is 548. The number of benzene rings is 1.